The number of nitrogens with one attached hydrogen (secondary N) is 1. The molecule has 1 heterocycles. The van der Waals surface area contributed by atoms with Crippen LogP contribution in [0.3, 0.4) is 0 Å². The number of halogens is 3. The molecular formula is C13H7Br2FN2S. The molecule has 0 fully saturated rings. The average molecular weight is 402 g/mol. The quantitative estimate of drug-likeness (QED) is 0.545. The summed E-state index contributed by atoms with van der Waals surface area (Å²) in [6.07, 6.45) is 0. The maximum absolute atomic E-state index is 13.7. The van der Waals surface area contributed by atoms with Gasteiger partial charge in [-0.25, -0.2) is 4.39 Å². The maximum atomic E-state index is 13.7. The molecule has 0 saturated carbocycles. The van der Waals surface area contributed by atoms with Crippen LogP contribution in [0, 0.1) is 10.6 Å². The minimum Gasteiger partial charge on any atom is -0.330 e. The lowest BCUT2D eigenvalue weighted by Gasteiger charge is -2.05. The van der Waals surface area contributed by atoms with Crippen molar-refractivity contribution in [1.29, 1.82) is 0 Å². The lowest BCUT2D eigenvalue weighted by Crippen LogP contribution is -1.95. The molecule has 3 aromatic rings. The molecular weight excluding hydrogens is 395 g/mol. The zero-order valence-corrected chi connectivity index (χ0v) is 13.4. The Morgan fingerprint density at radius 1 is 1.11 bits per heavy atom. The number of fused-ring (bicyclic) bond motifs is 1. The van der Waals surface area contributed by atoms with Crippen molar-refractivity contribution in [1.82, 2.24) is 9.55 Å². The minimum absolute atomic E-state index is 0.314. The first-order valence-electron chi connectivity index (χ1n) is 5.42. The van der Waals surface area contributed by atoms with Crippen molar-refractivity contribution in [2.75, 3.05) is 0 Å². The van der Waals surface area contributed by atoms with E-state index >= 15 is 0 Å². The molecule has 3 rings (SSSR count). The van der Waals surface area contributed by atoms with Gasteiger partial charge < -0.3 is 4.98 Å². The van der Waals surface area contributed by atoms with Crippen molar-refractivity contribution in [3.8, 4) is 5.69 Å². The SMILES string of the molecule is Fc1cc(-n2c(=S)[nH]c3cc(Br)ccc32)ccc1Br. The highest BCUT2D eigenvalue weighted by Gasteiger charge is 2.09. The monoisotopic (exact) mass is 400 g/mol. The van der Waals surface area contributed by atoms with Crippen LogP contribution in [-0.2, 0) is 0 Å². The van der Waals surface area contributed by atoms with Crippen molar-refractivity contribution in [3.63, 3.8) is 0 Å². The number of rotatable bonds is 1. The largest absolute Gasteiger partial charge is 0.330 e. The van der Waals surface area contributed by atoms with Gasteiger partial charge in [0.15, 0.2) is 4.77 Å². The standard InChI is InChI=1S/C13H7Br2FN2S/c14-7-1-4-12-11(5-7)17-13(19)18(12)8-2-3-9(15)10(16)6-8/h1-6H,(H,17,19). The predicted octanol–water partition coefficient (Wildman–Crippen LogP) is 5.35. The first-order valence-corrected chi connectivity index (χ1v) is 7.41. The number of aromatic nitrogens is 2. The molecule has 0 unspecified atom stereocenters. The van der Waals surface area contributed by atoms with E-state index in [9.17, 15) is 4.39 Å². The Morgan fingerprint density at radius 2 is 1.89 bits per heavy atom. The van der Waals surface area contributed by atoms with E-state index in [0.717, 1.165) is 15.5 Å². The van der Waals surface area contributed by atoms with Gasteiger partial charge in [-0.3, -0.25) is 4.57 Å². The molecule has 0 spiro atoms. The Hall–Kier alpha value is -0.980. The molecule has 2 nitrogen and oxygen atoms in total. The summed E-state index contributed by atoms with van der Waals surface area (Å²) in [7, 11) is 0. The minimum atomic E-state index is -0.314. The summed E-state index contributed by atoms with van der Waals surface area (Å²) in [6.45, 7) is 0. The fourth-order valence-electron chi connectivity index (χ4n) is 1.96. The van der Waals surface area contributed by atoms with Crippen LogP contribution in [0.4, 0.5) is 4.39 Å². The van der Waals surface area contributed by atoms with Crippen LogP contribution < -0.4 is 0 Å². The third-order valence-corrected chi connectivity index (χ3v) is 4.23. The van der Waals surface area contributed by atoms with Gasteiger partial charge in [-0.2, -0.15) is 0 Å². The number of hydrogen-bond donors (Lipinski definition) is 1. The van der Waals surface area contributed by atoms with Gasteiger partial charge in [0.05, 0.1) is 21.2 Å². The van der Waals surface area contributed by atoms with Crippen molar-refractivity contribution < 1.29 is 4.39 Å². The Labute approximate surface area is 130 Å². The second-order valence-corrected chi connectivity index (χ2v) is 6.18. The van der Waals surface area contributed by atoms with Crippen LogP contribution in [0.5, 0.6) is 0 Å². The summed E-state index contributed by atoms with van der Waals surface area (Å²) in [5.41, 5.74) is 2.51. The molecule has 96 valence electrons. The van der Waals surface area contributed by atoms with E-state index in [1.54, 1.807) is 6.07 Å². The molecule has 1 aromatic heterocycles. The molecule has 2 aromatic carbocycles. The molecule has 0 bridgehead atoms. The van der Waals surface area contributed by atoms with Gasteiger partial charge in [0.1, 0.15) is 5.82 Å². The molecule has 0 aliphatic carbocycles. The first-order chi connectivity index (χ1) is 9.06. The van der Waals surface area contributed by atoms with E-state index in [2.05, 4.69) is 36.8 Å². The zero-order valence-electron chi connectivity index (χ0n) is 9.45. The highest BCUT2D eigenvalue weighted by Crippen LogP contribution is 2.25. The predicted molar refractivity (Wildman–Crippen MR) is 83.8 cm³/mol. The molecule has 6 heteroatoms. The molecule has 0 aliphatic heterocycles. The van der Waals surface area contributed by atoms with Gasteiger partial charge in [-0.15, -0.1) is 0 Å². The molecule has 1 N–H and O–H groups in total. The van der Waals surface area contributed by atoms with E-state index < -0.39 is 0 Å². The summed E-state index contributed by atoms with van der Waals surface area (Å²) >= 11 is 11.9. The number of hydrogen-bond acceptors (Lipinski definition) is 1. The highest BCUT2D eigenvalue weighted by atomic mass is 79.9. The van der Waals surface area contributed by atoms with Gasteiger partial charge in [0.25, 0.3) is 0 Å². The molecule has 0 aliphatic rings. The average Bonchev–Trinajstić information content (AvgIpc) is 2.68. The number of H-pyrrole nitrogens is 1. The summed E-state index contributed by atoms with van der Waals surface area (Å²) < 4.78 is 17.4. The van der Waals surface area contributed by atoms with Gasteiger partial charge in [-0.1, -0.05) is 15.9 Å². The van der Waals surface area contributed by atoms with E-state index in [-0.39, 0.29) is 5.82 Å². The van der Waals surface area contributed by atoms with Gasteiger partial charge >= 0.3 is 0 Å². The van der Waals surface area contributed by atoms with Crippen LogP contribution in [0.15, 0.2) is 45.3 Å². The number of benzene rings is 2. The van der Waals surface area contributed by atoms with Crippen LogP contribution in [0.25, 0.3) is 16.7 Å². The van der Waals surface area contributed by atoms with Crippen LogP contribution in [0.2, 0.25) is 0 Å². The zero-order chi connectivity index (χ0) is 13.6. The van der Waals surface area contributed by atoms with Crippen LogP contribution in [0.1, 0.15) is 0 Å². The lowest BCUT2D eigenvalue weighted by atomic mass is 10.3. The number of aromatic amines is 1. The maximum Gasteiger partial charge on any atom is 0.182 e. The van der Waals surface area contributed by atoms with Crippen molar-refractivity contribution in [3.05, 3.63) is 55.9 Å². The van der Waals surface area contributed by atoms with E-state index in [1.807, 2.05) is 28.8 Å². The molecule has 0 amide bonds. The summed E-state index contributed by atoms with van der Waals surface area (Å²) in [5, 5.41) is 0. The molecule has 0 saturated heterocycles. The lowest BCUT2D eigenvalue weighted by molar-refractivity contribution is 0.620. The molecule has 0 radical (unpaired) electrons. The molecule has 0 atom stereocenters. The van der Waals surface area contributed by atoms with Gasteiger partial charge in [0.2, 0.25) is 0 Å². The van der Waals surface area contributed by atoms with Crippen molar-refractivity contribution in [2.24, 2.45) is 0 Å². The third kappa shape index (κ3) is 2.28. The van der Waals surface area contributed by atoms with E-state index in [4.69, 9.17) is 12.2 Å². The van der Waals surface area contributed by atoms with Crippen molar-refractivity contribution in [2.45, 2.75) is 0 Å². The summed E-state index contributed by atoms with van der Waals surface area (Å²) in [4.78, 5) is 3.11. The Bertz CT molecular complexity index is 838. The number of nitrogens with zero attached hydrogens (tertiary/aromatic N) is 1. The molecule has 19 heavy (non-hydrogen) atoms. The number of imidazole rings is 1. The second-order valence-electron chi connectivity index (χ2n) is 4.03. The normalized spacial score (nSPS) is 11.1. The fourth-order valence-corrected chi connectivity index (χ4v) is 2.89. The summed E-state index contributed by atoms with van der Waals surface area (Å²) in [6, 6.07) is 10.7. The van der Waals surface area contributed by atoms with Gasteiger partial charge in [-0.05, 0) is 64.5 Å². The van der Waals surface area contributed by atoms with E-state index in [0.29, 0.717) is 14.9 Å². The van der Waals surface area contributed by atoms with Crippen LogP contribution in [-0.4, -0.2) is 9.55 Å². The second kappa shape index (κ2) is 4.85. The van der Waals surface area contributed by atoms with Crippen LogP contribution >= 0.6 is 44.1 Å². The smallest absolute Gasteiger partial charge is 0.182 e. The Balaban J connectivity index is 2.32. The van der Waals surface area contributed by atoms with Crippen molar-refractivity contribution >= 4 is 55.1 Å². The Morgan fingerprint density at radius 3 is 2.63 bits per heavy atom. The third-order valence-electron chi connectivity index (χ3n) is 2.81. The summed E-state index contributed by atoms with van der Waals surface area (Å²) in [5.74, 6) is -0.314. The fraction of sp³-hybridized carbons (Fsp3) is 0. The topological polar surface area (TPSA) is 20.7 Å². The highest BCUT2D eigenvalue weighted by molar-refractivity contribution is 9.10. The van der Waals surface area contributed by atoms with Gasteiger partial charge in [0, 0.05) is 4.47 Å². The Kier molecular flexibility index (Phi) is 3.32. The first kappa shape index (κ1) is 13.0. The van der Waals surface area contributed by atoms with E-state index in [1.165, 1.54) is 6.07 Å².